The van der Waals surface area contributed by atoms with Gasteiger partial charge in [-0.3, -0.25) is 9.59 Å². The molecular weight excluding hydrogens is 208 g/mol. The summed E-state index contributed by atoms with van der Waals surface area (Å²) >= 11 is 0. The number of hydrogen-bond donors (Lipinski definition) is 1. The number of rotatable bonds is 4. The lowest BCUT2D eigenvalue weighted by Crippen LogP contribution is -2.30. The van der Waals surface area contributed by atoms with Gasteiger partial charge in [-0.1, -0.05) is 13.8 Å². The molecule has 1 aliphatic rings. The minimum Gasteiger partial charge on any atom is -0.481 e. The number of carboxylic acids is 1. The number of amides is 1. The number of nitrogens with zero attached hydrogens (tertiary/aromatic N) is 2. The minimum absolute atomic E-state index is 0.173. The molecule has 0 aliphatic heterocycles. The van der Waals surface area contributed by atoms with Crippen molar-refractivity contribution in [3.8, 4) is 6.07 Å². The van der Waals surface area contributed by atoms with Crippen LogP contribution >= 0.6 is 0 Å². The van der Waals surface area contributed by atoms with Crippen molar-refractivity contribution in [1.29, 1.82) is 5.26 Å². The first-order valence-corrected chi connectivity index (χ1v) is 5.18. The zero-order chi connectivity index (χ0) is 12.5. The van der Waals surface area contributed by atoms with Crippen LogP contribution in [0.25, 0.3) is 0 Å². The second-order valence-electron chi connectivity index (χ2n) is 4.78. The van der Waals surface area contributed by atoms with Gasteiger partial charge in [0.1, 0.15) is 0 Å². The maximum Gasteiger partial charge on any atom is 0.307 e. The maximum absolute atomic E-state index is 11.9. The molecule has 1 amide bonds. The lowest BCUT2D eigenvalue weighted by atomic mass is 10.1. The van der Waals surface area contributed by atoms with Crippen LogP contribution in [0, 0.1) is 28.6 Å². The Hall–Kier alpha value is -1.57. The lowest BCUT2D eigenvalue weighted by Gasteiger charge is -2.16. The van der Waals surface area contributed by atoms with E-state index < -0.39 is 23.2 Å². The van der Waals surface area contributed by atoms with Gasteiger partial charge in [0.05, 0.1) is 24.3 Å². The normalized spacial score (nSPS) is 25.6. The van der Waals surface area contributed by atoms with E-state index in [1.807, 2.05) is 6.07 Å². The largest absolute Gasteiger partial charge is 0.481 e. The molecule has 5 nitrogen and oxygen atoms in total. The molecule has 0 aromatic carbocycles. The van der Waals surface area contributed by atoms with Gasteiger partial charge in [0.15, 0.2) is 0 Å². The maximum atomic E-state index is 11.9. The molecule has 0 saturated heterocycles. The summed E-state index contributed by atoms with van der Waals surface area (Å²) in [7, 11) is 1.60. The summed E-state index contributed by atoms with van der Waals surface area (Å²) in [6, 6.07) is 1.96. The molecule has 0 unspecified atom stereocenters. The predicted octanol–water partition coefficient (Wildman–Crippen LogP) is 0.715. The number of carbonyl (C=O) groups is 2. The molecule has 1 saturated carbocycles. The van der Waals surface area contributed by atoms with Crippen molar-refractivity contribution >= 4 is 11.9 Å². The van der Waals surface area contributed by atoms with E-state index in [0.717, 1.165) is 0 Å². The second-order valence-corrected chi connectivity index (χ2v) is 4.78. The van der Waals surface area contributed by atoms with Crippen molar-refractivity contribution in [3.05, 3.63) is 0 Å². The van der Waals surface area contributed by atoms with Crippen molar-refractivity contribution < 1.29 is 14.7 Å². The Bertz CT molecular complexity index is 357. The average molecular weight is 224 g/mol. The number of hydrogen-bond acceptors (Lipinski definition) is 3. The van der Waals surface area contributed by atoms with E-state index in [1.54, 1.807) is 20.9 Å². The topological polar surface area (TPSA) is 81.4 Å². The fourth-order valence-electron chi connectivity index (χ4n) is 2.12. The molecule has 1 N–H and O–H groups in total. The van der Waals surface area contributed by atoms with Crippen molar-refractivity contribution in [3.63, 3.8) is 0 Å². The van der Waals surface area contributed by atoms with Gasteiger partial charge in [-0.05, 0) is 5.41 Å². The Morgan fingerprint density at radius 2 is 2.00 bits per heavy atom. The first-order valence-electron chi connectivity index (χ1n) is 5.18. The number of carbonyl (C=O) groups excluding carboxylic acids is 1. The molecule has 0 bridgehead atoms. The number of aliphatic carboxylic acids is 1. The summed E-state index contributed by atoms with van der Waals surface area (Å²) < 4.78 is 0. The SMILES string of the molecule is CN(CCC#N)C(=O)[C@H]1[C@@H](C(=O)O)C1(C)C. The van der Waals surface area contributed by atoms with Gasteiger partial charge in [-0.25, -0.2) is 0 Å². The minimum atomic E-state index is -0.919. The molecule has 88 valence electrons. The van der Waals surface area contributed by atoms with Crippen molar-refractivity contribution in [2.75, 3.05) is 13.6 Å². The monoisotopic (exact) mass is 224 g/mol. The highest BCUT2D eigenvalue weighted by Crippen LogP contribution is 2.58. The van der Waals surface area contributed by atoms with Crippen LogP contribution in [0.15, 0.2) is 0 Å². The molecule has 2 atom stereocenters. The van der Waals surface area contributed by atoms with Crippen LogP contribution in [0.5, 0.6) is 0 Å². The molecule has 16 heavy (non-hydrogen) atoms. The third-order valence-electron chi connectivity index (χ3n) is 3.29. The van der Waals surface area contributed by atoms with Gasteiger partial charge in [-0.15, -0.1) is 0 Å². The molecule has 0 spiro atoms. The van der Waals surface area contributed by atoms with E-state index in [9.17, 15) is 9.59 Å². The van der Waals surface area contributed by atoms with E-state index in [1.165, 1.54) is 4.90 Å². The highest BCUT2D eigenvalue weighted by atomic mass is 16.4. The summed E-state index contributed by atoms with van der Waals surface area (Å²) in [6.07, 6.45) is 0.271. The molecule has 1 aliphatic carbocycles. The van der Waals surface area contributed by atoms with E-state index >= 15 is 0 Å². The van der Waals surface area contributed by atoms with Crippen molar-refractivity contribution in [1.82, 2.24) is 4.90 Å². The Kier molecular flexibility index (Phi) is 3.22. The van der Waals surface area contributed by atoms with Gasteiger partial charge in [0.25, 0.3) is 0 Å². The fourth-order valence-corrected chi connectivity index (χ4v) is 2.12. The zero-order valence-corrected chi connectivity index (χ0v) is 9.73. The van der Waals surface area contributed by atoms with Crippen molar-refractivity contribution in [2.24, 2.45) is 17.3 Å². The van der Waals surface area contributed by atoms with Crippen LogP contribution in [-0.2, 0) is 9.59 Å². The second kappa shape index (κ2) is 4.12. The molecule has 0 radical (unpaired) electrons. The van der Waals surface area contributed by atoms with Gasteiger partial charge in [-0.2, -0.15) is 5.26 Å². The number of carboxylic acid groups (broad SMARTS) is 1. The van der Waals surface area contributed by atoms with Gasteiger partial charge in [0, 0.05) is 13.6 Å². The third kappa shape index (κ3) is 2.01. The molecule has 0 aromatic heterocycles. The molecule has 0 aromatic rings. The quantitative estimate of drug-likeness (QED) is 0.762. The fraction of sp³-hybridized carbons (Fsp3) is 0.727. The van der Waals surface area contributed by atoms with Crippen LogP contribution in [0.2, 0.25) is 0 Å². The Morgan fingerprint density at radius 1 is 1.44 bits per heavy atom. The standard InChI is InChI=1S/C11H16N2O3/c1-11(2)7(8(11)10(15)16)9(14)13(3)6-4-5-12/h7-8H,4,6H2,1-3H3,(H,15,16)/t7-,8+/m1/s1. The third-order valence-corrected chi connectivity index (χ3v) is 3.29. The summed E-state index contributed by atoms with van der Waals surface area (Å²) in [6.45, 7) is 3.92. The highest BCUT2D eigenvalue weighted by Gasteiger charge is 2.66. The summed E-state index contributed by atoms with van der Waals surface area (Å²) in [4.78, 5) is 24.2. The smallest absolute Gasteiger partial charge is 0.307 e. The van der Waals surface area contributed by atoms with E-state index in [-0.39, 0.29) is 12.3 Å². The molecular formula is C11H16N2O3. The van der Waals surface area contributed by atoms with Gasteiger partial charge < -0.3 is 10.0 Å². The van der Waals surface area contributed by atoms with E-state index in [2.05, 4.69) is 0 Å². The predicted molar refractivity (Wildman–Crippen MR) is 56.3 cm³/mol. The van der Waals surface area contributed by atoms with Crippen LogP contribution in [-0.4, -0.2) is 35.5 Å². The Labute approximate surface area is 94.7 Å². The summed E-state index contributed by atoms with van der Waals surface area (Å²) in [5.41, 5.74) is -0.468. The van der Waals surface area contributed by atoms with Gasteiger partial charge in [0.2, 0.25) is 5.91 Å². The van der Waals surface area contributed by atoms with Gasteiger partial charge >= 0.3 is 5.97 Å². The first-order chi connectivity index (χ1) is 7.34. The zero-order valence-electron chi connectivity index (χ0n) is 9.73. The van der Waals surface area contributed by atoms with Crippen LogP contribution in [0.3, 0.4) is 0 Å². The molecule has 1 fully saturated rings. The molecule has 1 rings (SSSR count). The average Bonchev–Trinajstić information content (AvgIpc) is 2.76. The first kappa shape index (κ1) is 12.5. The van der Waals surface area contributed by atoms with E-state index in [0.29, 0.717) is 6.54 Å². The molecule has 0 heterocycles. The Balaban J connectivity index is 2.64. The Morgan fingerprint density at radius 3 is 2.38 bits per heavy atom. The van der Waals surface area contributed by atoms with Crippen LogP contribution < -0.4 is 0 Å². The summed E-state index contributed by atoms with van der Waals surface area (Å²) in [5, 5.41) is 17.4. The van der Waals surface area contributed by atoms with Crippen LogP contribution in [0.1, 0.15) is 20.3 Å². The van der Waals surface area contributed by atoms with Crippen molar-refractivity contribution in [2.45, 2.75) is 20.3 Å². The summed E-state index contributed by atoms with van der Waals surface area (Å²) in [5.74, 6) is -2.14. The lowest BCUT2D eigenvalue weighted by molar-refractivity contribution is -0.141. The van der Waals surface area contributed by atoms with E-state index in [4.69, 9.17) is 10.4 Å². The highest BCUT2D eigenvalue weighted by molar-refractivity contribution is 5.91. The van der Waals surface area contributed by atoms with Crippen LogP contribution in [0.4, 0.5) is 0 Å². The number of nitriles is 1. The molecule has 5 heteroatoms.